The molecule has 7 nitrogen and oxygen atoms in total. The van der Waals surface area contributed by atoms with Crippen molar-refractivity contribution in [3.05, 3.63) is 61.8 Å². The highest BCUT2D eigenvalue weighted by molar-refractivity contribution is 7.09. The van der Waals surface area contributed by atoms with E-state index in [1.165, 1.54) is 22.7 Å². The van der Waals surface area contributed by atoms with E-state index < -0.39 is 0 Å². The van der Waals surface area contributed by atoms with Crippen molar-refractivity contribution in [2.45, 2.75) is 26.9 Å². The number of aryl methyl sites for hydroxylation is 2. The second-order valence-electron chi connectivity index (χ2n) is 5.54. The topological polar surface area (TPSA) is 96.9 Å². The number of thiazole rings is 2. The molecule has 3 aromatic rings. The van der Waals surface area contributed by atoms with Gasteiger partial charge in [-0.25, -0.2) is 15.0 Å². The standard InChI is InChI=1S/C17H17N5O2S2/c1-10-8-25-14(20-10)6-18-16(23)12-4-3-5-13(22-12)17(24)19-7-15-21-11(2)9-26-15/h3-5,8-9H,6-7H2,1-2H3,(H,18,23)(H,19,24). The summed E-state index contributed by atoms with van der Waals surface area (Å²) in [6, 6.07) is 4.78. The minimum absolute atomic E-state index is 0.191. The van der Waals surface area contributed by atoms with E-state index in [0.29, 0.717) is 13.1 Å². The van der Waals surface area contributed by atoms with E-state index in [0.717, 1.165) is 21.4 Å². The molecule has 0 atom stereocenters. The van der Waals surface area contributed by atoms with Gasteiger partial charge >= 0.3 is 0 Å². The van der Waals surface area contributed by atoms with Crippen LogP contribution in [0.4, 0.5) is 0 Å². The van der Waals surface area contributed by atoms with Gasteiger partial charge < -0.3 is 10.6 Å². The predicted octanol–water partition coefficient (Wildman–Crippen LogP) is 2.47. The van der Waals surface area contributed by atoms with E-state index in [2.05, 4.69) is 25.6 Å². The maximum Gasteiger partial charge on any atom is 0.270 e. The third-order valence-electron chi connectivity index (χ3n) is 3.35. The highest BCUT2D eigenvalue weighted by Gasteiger charge is 2.13. The highest BCUT2D eigenvalue weighted by Crippen LogP contribution is 2.09. The average molecular weight is 387 g/mol. The van der Waals surface area contributed by atoms with Crippen molar-refractivity contribution in [3.8, 4) is 0 Å². The van der Waals surface area contributed by atoms with E-state index in [4.69, 9.17) is 0 Å². The summed E-state index contributed by atoms with van der Waals surface area (Å²) in [5, 5.41) is 11.0. The second-order valence-corrected chi connectivity index (χ2v) is 7.42. The van der Waals surface area contributed by atoms with E-state index in [1.54, 1.807) is 18.2 Å². The number of aromatic nitrogens is 3. The maximum absolute atomic E-state index is 12.2. The van der Waals surface area contributed by atoms with Gasteiger partial charge in [0.15, 0.2) is 0 Å². The molecule has 0 unspecified atom stereocenters. The molecule has 0 saturated carbocycles. The SMILES string of the molecule is Cc1csc(CNC(=O)c2cccc(C(=O)NCc3nc(C)cs3)n2)n1. The minimum atomic E-state index is -0.344. The van der Waals surface area contributed by atoms with Crippen LogP contribution >= 0.6 is 22.7 Å². The number of nitrogens with zero attached hydrogens (tertiary/aromatic N) is 3. The molecular formula is C17H17N5O2S2. The predicted molar refractivity (Wildman–Crippen MR) is 100 cm³/mol. The molecule has 134 valence electrons. The molecule has 0 aliphatic heterocycles. The van der Waals surface area contributed by atoms with Crippen molar-refractivity contribution in [2.75, 3.05) is 0 Å². The number of amides is 2. The number of hydrogen-bond acceptors (Lipinski definition) is 7. The van der Waals surface area contributed by atoms with Crippen LogP contribution in [0.25, 0.3) is 0 Å². The summed E-state index contributed by atoms with van der Waals surface area (Å²) in [4.78, 5) is 37.2. The first-order chi connectivity index (χ1) is 12.5. The van der Waals surface area contributed by atoms with E-state index in [9.17, 15) is 9.59 Å². The van der Waals surface area contributed by atoms with Crippen molar-refractivity contribution in [1.29, 1.82) is 0 Å². The van der Waals surface area contributed by atoms with Crippen LogP contribution in [-0.4, -0.2) is 26.8 Å². The zero-order valence-corrected chi connectivity index (χ0v) is 15.9. The summed E-state index contributed by atoms with van der Waals surface area (Å²) in [6.07, 6.45) is 0. The molecule has 2 amide bonds. The Morgan fingerprint density at radius 2 is 1.31 bits per heavy atom. The van der Waals surface area contributed by atoms with Gasteiger partial charge in [-0.2, -0.15) is 0 Å². The van der Waals surface area contributed by atoms with Crippen LogP contribution < -0.4 is 10.6 Å². The monoisotopic (exact) mass is 387 g/mol. The van der Waals surface area contributed by atoms with Crippen molar-refractivity contribution in [2.24, 2.45) is 0 Å². The lowest BCUT2D eigenvalue weighted by molar-refractivity contribution is 0.0941. The fourth-order valence-corrected chi connectivity index (χ4v) is 3.57. The summed E-state index contributed by atoms with van der Waals surface area (Å²) in [7, 11) is 0. The third kappa shape index (κ3) is 4.70. The molecule has 0 aliphatic carbocycles. The Bertz CT molecular complexity index is 863. The van der Waals surface area contributed by atoms with Gasteiger partial charge in [-0.15, -0.1) is 22.7 Å². The van der Waals surface area contributed by atoms with Gasteiger partial charge in [0.25, 0.3) is 11.8 Å². The maximum atomic E-state index is 12.2. The second kappa shape index (κ2) is 8.15. The zero-order valence-electron chi connectivity index (χ0n) is 14.3. The van der Waals surface area contributed by atoms with Crippen molar-refractivity contribution in [3.63, 3.8) is 0 Å². The number of pyridine rings is 1. The summed E-state index contributed by atoms with van der Waals surface area (Å²) < 4.78 is 0. The summed E-state index contributed by atoms with van der Waals surface area (Å²) >= 11 is 2.97. The van der Waals surface area contributed by atoms with Gasteiger partial charge in [-0.05, 0) is 26.0 Å². The Balaban J connectivity index is 1.59. The number of rotatable bonds is 6. The number of carbonyl (C=O) groups is 2. The number of nitrogens with one attached hydrogen (secondary N) is 2. The minimum Gasteiger partial charge on any atom is -0.344 e. The molecule has 0 bridgehead atoms. The van der Waals surface area contributed by atoms with E-state index in [-0.39, 0.29) is 23.2 Å². The Morgan fingerprint density at radius 1 is 0.846 bits per heavy atom. The average Bonchev–Trinajstić information content (AvgIpc) is 3.25. The molecule has 0 aromatic carbocycles. The molecule has 0 saturated heterocycles. The summed E-state index contributed by atoms with van der Waals surface area (Å²) in [6.45, 7) is 4.47. The van der Waals surface area contributed by atoms with Crippen LogP contribution in [0.5, 0.6) is 0 Å². The fourth-order valence-electron chi connectivity index (χ4n) is 2.15. The molecule has 2 N–H and O–H groups in total. The summed E-state index contributed by atoms with van der Waals surface area (Å²) in [5.41, 5.74) is 2.23. The van der Waals surface area contributed by atoms with E-state index in [1.807, 2.05) is 24.6 Å². The molecular weight excluding hydrogens is 370 g/mol. The zero-order chi connectivity index (χ0) is 18.5. The van der Waals surface area contributed by atoms with Crippen molar-refractivity contribution < 1.29 is 9.59 Å². The van der Waals surface area contributed by atoms with E-state index >= 15 is 0 Å². The lowest BCUT2D eigenvalue weighted by atomic mass is 10.2. The van der Waals surface area contributed by atoms with Crippen LogP contribution in [0.2, 0.25) is 0 Å². The Labute approximate surface area is 158 Å². The van der Waals surface area contributed by atoms with Crippen LogP contribution in [0.1, 0.15) is 42.4 Å². The molecule has 0 fully saturated rings. The van der Waals surface area contributed by atoms with Crippen LogP contribution in [0.15, 0.2) is 29.0 Å². The van der Waals surface area contributed by atoms with Crippen LogP contribution in [0.3, 0.4) is 0 Å². The number of carbonyl (C=O) groups excluding carboxylic acids is 2. The Hall–Kier alpha value is -2.65. The first-order valence-electron chi connectivity index (χ1n) is 7.87. The fraction of sp³-hybridized carbons (Fsp3) is 0.235. The van der Waals surface area contributed by atoms with Crippen LogP contribution in [0, 0.1) is 13.8 Å². The van der Waals surface area contributed by atoms with Crippen LogP contribution in [-0.2, 0) is 13.1 Å². The van der Waals surface area contributed by atoms with Crippen molar-refractivity contribution in [1.82, 2.24) is 25.6 Å². The van der Waals surface area contributed by atoms with Gasteiger partial charge in [0.05, 0.1) is 13.1 Å². The molecule has 3 heterocycles. The molecule has 0 aliphatic rings. The van der Waals surface area contributed by atoms with Gasteiger partial charge in [-0.3, -0.25) is 9.59 Å². The number of hydrogen-bond donors (Lipinski definition) is 2. The molecule has 3 rings (SSSR count). The first kappa shape index (κ1) is 18.2. The smallest absolute Gasteiger partial charge is 0.270 e. The highest BCUT2D eigenvalue weighted by atomic mass is 32.1. The van der Waals surface area contributed by atoms with Gasteiger partial charge in [0.1, 0.15) is 21.4 Å². The lowest BCUT2D eigenvalue weighted by Gasteiger charge is -2.06. The van der Waals surface area contributed by atoms with Gasteiger partial charge in [0, 0.05) is 22.1 Å². The Kier molecular flexibility index (Phi) is 5.69. The molecule has 3 aromatic heterocycles. The van der Waals surface area contributed by atoms with Gasteiger partial charge in [-0.1, -0.05) is 6.07 Å². The largest absolute Gasteiger partial charge is 0.344 e. The first-order valence-corrected chi connectivity index (χ1v) is 9.62. The normalized spacial score (nSPS) is 10.5. The molecule has 26 heavy (non-hydrogen) atoms. The molecule has 0 radical (unpaired) electrons. The quantitative estimate of drug-likeness (QED) is 0.677. The third-order valence-corrected chi connectivity index (χ3v) is 5.28. The lowest BCUT2D eigenvalue weighted by Crippen LogP contribution is -2.27. The molecule has 0 spiro atoms. The Morgan fingerprint density at radius 3 is 1.69 bits per heavy atom. The molecule has 9 heteroatoms. The van der Waals surface area contributed by atoms with Gasteiger partial charge in [0.2, 0.25) is 0 Å². The van der Waals surface area contributed by atoms with Crippen molar-refractivity contribution >= 4 is 34.5 Å². The summed E-state index contributed by atoms with van der Waals surface area (Å²) in [5.74, 6) is -0.689.